The summed E-state index contributed by atoms with van der Waals surface area (Å²) in [4.78, 5) is 1.16. The Kier molecular flexibility index (Phi) is 7.30. The molecule has 0 radical (unpaired) electrons. The normalized spacial score (nSPS) is 14.9. The van der Waals surface area contributed by atoms with Crippen LogP contribution in [0.5, 0.6) is 0 Å². The highest BCUT2D eigenvalue weighted by Gasteiger charge is 2.31. The summed E-state index contributed by atoms with van der Waals surface area (Å²) in [6, 6.07) is 4.04. The Balaban J connectivity index is 2.55. The summed E-state index contributed by atoms with van der Waals surface area (Å²) in [6.45, 7) is 13.8. The van der Waals surface area contributed by atoms with E-state index >= 15 is 0 Å². The lowest BCUT2D eigenvalue weighted by Gasteiger charge is -2.29. The van der Waals surface area contributed by atoms with Crippen LogP contribution in [-0.2, 0) is 14.6 Å². The summed E-state index contributed by atoms with van der Waals surface area (Å²) in [5.41, 5.74) is 0.0516. The molecule has 0 spiro atoms. The zero-order valence-corrected chi connectivity index (χ0v) is 17.0. The highest BCUT2D eigenvalue weighted by Crippen LogP contribution is 2.38. The number of hydrogen-bond acceptors (Lipinski definition) is 4. The van der Waals surface area contributed by atoms with Gasteiger partial charge in [-0.3, -0.25) is 0 Å². The van der Waals surface area contributed by atoms with Gasteiger partial charge in [0.25, 0.3) is 0 Å². The average Bonchev–Trinajstić information content (AvgIpc) is 2.86. The second-order valence-electron chi connectivity index (χ2n) is 8.52. The predicted octanol–water partition coefficient (Wildman–Crippen LogP) is 4.75. The average molecular weight is 361 g/mol. The van der Waals surface area contributed by atoms with Crippen molar-refractivity contribution >= 4 is 21.2 Å². The maximum absolute atomic E-state index is 12.5. The van der Waals surface area contributed by atoms with Crippen molar-refractivity contribution in [3.05, 3.63) is 22.4 Å². The highest BCUT2D eigenvalue weighted by molar-refractivity contribution is 7.91. The van der Waals surface area contributed by atoms with Crippen LogP contribution >= 0.6 is 11.3 Å². The second-order valence-corrected chi connectivity index (χ2v) is 11.7. The van der Waals surface area contributed by atoms with Crippen LogP contribution in [0.1, 0.15) is 58.8 Å². The molecule has 0 bridgehead atoms. The Morgan fingerprint density at radius 2 is 1.83 bits per heavy atom. The molecule has 0 aliphatic rings. The van der Waals surface area contributed by atoms with E-state index in [9.17, 15) is 8.42 Å². The Hall–Kier alpha value is -0.390. The topological polar surface area (TPSA) is 43.4 Å². The second kappa shape index (κ2) is 8.13. The van der Waals surface area contributed by atoms with Gasteiger partial charge in [-0.2, -0.15) is 0 Å². The zero-order chi connectivity index (χ0) is 17.7. The van der Waals surface area contributed by atoms with Gasteiger partial charge in [-0.05, 0) is 28.7 Å². The molecule has 134 valence electrons. The van der Waals surface area contributed by atoms with E-state index in [0.717, 1.165) is 4.88 Å². The Morgan fingerprint density at radius 3 is 2.30 bits per heavy atom. The molecule has 0 fully saturated rings. The first-order valence-corrected chi connectivity index (χ1v) is 10.9. The summed E-state index contributed by atoms with van der Waals surface area (Å²) in [6.07, 6.45) is 0.569. The van der Waals surface area contributed by atoms with Crippen molar-refractivity contribution in [2.24, 2.45) is 10.8 Å². The number of rotatable bonds is 8. The molecule has 1 aromatic rings. The molecule has 0 saturated heterocycles. The van der Waals surface area contributed by atoms with Crippen LogP contribution in [0.2, 0.25) is 0 Å². The van der Waals surface area contributed by atoms with Crippen molar-refractivity contribution in [2.75, 3.05) is 24.7 Å². The van der Waals surface area contributed by atoms with Crippen LogP contribution in [-0.4, -0.2) is 33.1 Å². The molecule has 0 unspecified atom stereocenters. The summed E-state index contributed by atoms with van der Waals surface area (Å²) in [7, 11) is -3.08. The Morgan fingerprint density at radius 1 is 1.17 bits per heavy atom. The SMILES string of the molecule is CC(C)(C)COCCCS(=O)(=O)C[C@H](c1cccs1)C(C)(C)C. The first kappa shape index (κ1) is 20.7. The fourth-order valence-corrected chi connectivity index (χ4v) is 5.43. The minimum absolute atomic E-state index is 0.0444. The van der Waals surface area contributed by atoms with E-state index in [1.54, 1.807) is 11.3 Å². The number of hydrogen-bond donors (Lipinski definition) is 0. The molecule has 1 heterocycles. The molecule has 5 heteroatoms. The predicted molar refractivity (Wildman–Crippen MR) is 100 cm³/mol. The molecule has 0 N–H and O–H groups in total. The van der Waals surface area contributed by atoms with Gasteiger partial charge in [0.15, 0.2) is 9.84 Å². The van der Waals surface area contributed by atoms with E-state index < -0.39 is 9.84 Å². The van der Waals surface area contributed by atoms with Crippen molar-refractivity contribution in [2.45, 2.75) is 53.9 Å². The van der Waals surface area contributed by atoms with Crippen LogP contribution in [0.15, 0.2) is 17.5 Å². The molecule has 0 aliphatic heterocycles. The van der Waals surface area contributed by atoms with E-state index in [1.807, 2.05) is 17.5 Å². The molecular weight excluding hydrogens is 328 g/mol. The molecule has 3 nitrogen and oxygen atoms in total. The van der Waals surface area contributed by atoms with E-state index in [-0.39, 0.29) is 28.3 Å². The van der Waals surface area contributed by atoms with Gasteiger partial charge < -0.3 is 4.74 Å². The third kappa shape index (κ3) is 8.32. The third-order valence-corrected chi connectivity index (χ3v) is 6.37. The van der Waals surface area contributed by atoms with Gasteiger partial charge >= 0.3 is 0 Å². The molecule has 0 amide bonds. The first-order chi connectivity index (χ1) is 10.4. The molecule has 0 aliphatic carbocycles. The van der Waals surface area contributed by atoms with Gasteiger partial charge in [-0.1, -0.05) is 47.6 Å². The highest BCUT2D eigenvalue weighted by atomic mass is 32.2. The van der Waals surface area contributed by atoms with Crippen molar-refractivity contribution < 1.29 is 13.2 Å². The van der Waals surface area contributed by atoms with Gasteiger partial charge in [0, 0.05) is 17.4 Å². The summed E-state index contributed by atoms with van der Waals surface area (Å²) in [5.74, 6) is 0.466. The zero-order valence-electron chi connectivity index (χ0n) is 15.4. The molecule has 1 atom stereocenters. The van der Waals surface area contributed by atoms with E-state index in [2.05, 4.69) is 41.5 Å². The Labute approximate surface area is 146 Å². The lowest BCUT2D eigenvalue weighted by atomic mass is 9.81. The Bertz CT molecular complexity index is 546. The van der Waals surface area contributed by atoms with Gasteiger partial charge in [0.1, 0.15) is 0 Å². The molecule has 0 aromatic carbocycles. The van der Waals surface area contributed by atoms with Crippen molar-refractivity contribution in [3.63, 3.8) is 0 Å². The maximum atomic E-state index is 12.5. The maximum Gasteiger partial charge on any atom is 0.151 e. The fraction of sp³-hybridized carbons (Fsp3) is 0.778. The monoisotopic (exact) mass is 360 g/mol. The van der Waals surface area contributed by atoms with Crippen LogP contribution < -0.4 is 0 Å². The largest absolute Gasteiger partial charge is 0.381 e. The number of sulfone groups is 1. The minimum atomic E-state index is -3.08. The van der Waals surface area contributed by atoms with Crippen molar-refractivity contribution in [3.8, 4) is 0 Å². The van der Waals surface area contributed by atoms with Gasteiger partial charge in [0.05, 0.1) is 18.1 Å². The lowest BCUT2D eigenvalue weighted by Crippen LogP contribution is -2.27. The summed E-state index contributed by atoms with van der Waals surface area (Å²) < 4.78 is 30.6. The standard InChI is InChI=1S/C18H32O3S2/c1-17(2,3)14-21-10-8-12-23(19,20)13-15(18(4,5)6)16-9-7-11-22-16/h7,9,11,15H,8,10,12-14H2,1-6H3/t15-/m1/s1. The quantitative estimate of drug-likeness (QED) is 0.629. The summed E-state index contributed by atoms with van der Waals surface area (Å²) >= 11 is 1.64. The molecule has 1 aromatic heterocycles. The number of ether oxygens (including phenoxy) is 1. The van der Waals surface area contributed by atoms with E-state index in [0.29, 0.717) is 19.6 Å². The third-order valence-electron chi connectivity index (χ3n) is 3.63. The van der Waals surface area contributed by atoms with Gasteiger partial charge in [-0.25, -0.2) is 8.42 Å². The van der Waals surface area contributed by atoms with Crippen LogP contribution in [0.3, 0.4) is 0 Å². The van der Waals surface area contributed by atoms with E-state index in [4.69, 9.17) is 4.74 Å². The van der Waals surface area contributed by atoms with Gasteiger partial charge in [0.2, 0.25) is 0 Å². The molecule has 0 saturated carbocycles. The summed E-state index contributed by atoms with van der Waals surface area (Å²) in [5, 5.41) is 2.01. The van der Waals surface area contributed by atoms with Gasteiger partial charge in [-0.15, -0.1) is 11.3 Å². The van der Waals surface area contributed by atoms with Crippen LogP contribution in [0, 0.1) is 10.8 Å². The minimum Gasteiger partial charge on any atom is -0.381 e. The molecular formula is C18H32O3S2. The van der Waals surface area contributed by atoms with Crippen LogP contribution in [0.25, 0.3) is 0 Å². The first-order valence-electron chi connectivity index (χ1n) is 8.22. The van der Waals surface area contributed by atoms with Crippen molar-refractivity contribution in [1.29, 1.82) is 0 Å². The van der Waals surface area contributed by atoms with E-state index in [1.165, 1.54) is 0 Å². The number of thiophene rings is 1. The van der Waals surface area contributed by atoms with Crippen molar-refractivity contribution in [1.82, 2.24) is 0 Å². The smallest absolute Gasteiger partial charge is 0.151 e. The fourth-order valence-electron chi connectivity index (χ4n) is 2.34. The molecule has 1 rings (SSSR count). The lowest BCUT2D eigenvalue weighted by molar-refractivity contribution is 0.0720. The molecule has 23 heavy (non-hydrogen) atoms. The van der Waals surface area contributed by atoms with Crippen LogP contribution in [0.4, 0.5) is 0 Å².